The van der Waals surface area contributed by atoms with Crippen molar-refractivity contribution in [1.29, 1.82) is 0 Å². The number of anilines is 2. The van der Waals surface area contributed by atoms with Gasteiger partial charge in [0.05, 0.1) is 24.1 Å². The molecule has 1 aromatic carbocycles. The molecule has 112 valence electrons. The van der Waals surface area contributed by atoms with Crippen molar-refractivity contribution in [2.45, 2.75) is 32.8 Å². The first kappa shape index (κ1) is 14.9. The molecule has 4 nitrogen and oxygen atoms in total. The summed E-state index contributed by atoms with van der Waals surface area (Å²) in [5.41, 5.74) is 7.24. The monoisotopic (exact) mass is 282 g/mol. The number of hydrogen-bond donors (Lipinski definition) is 1. The quantitative estimate of drug-likeness (QED) is 0.844. The smallest absolute Gasteiger partial charge is 0.167 e. The van der Waals surface area contributed by atoms with Crippen LogP contribution in [0.15, 0.2) is 12.1 Å². The zero-order chi connectivity index (χ0) is 14.5. The van der Waals surface area contributed by atoms with Gasteiger partial charge in [-0.05, 0) is 26.7 Å². The van der Waals surface area contributed by atoms with Gasteiger partial charge in [0.25, 0.3) is 0 Å². The summed E-state index contributed by atoms with van der Waals surface area (Å²) in [5.74, 6) is -0.151. The Kier molecular flexibility index (Phi) is 5.06. The molecule has 0 radical (unpaired) electrons. The van der Waals surface area contributed by atoms with Gasteiger partial charge >= 0.3 is 0 Å². The summed E-state index contributed by atoms with van der Waals surface area (Å²) in [6.45, 7) is 6.67. The molecule has 2 N–H and O–H groups in total. The Bertz CT molecular complexity index is 452. The van der Waals surface area contributed by atoms with Crippen LogP contribution < -0.4 is 15.4 Å². The molecule has 2 rings (SSSR count). The number of halogens is 1. The van der Waals surface area contributed by atoms with Gasteiger partial charge in [-0.25, -0.2) is 4.39 Å². The first-order chi connectivity index (χ1) is 9.65. The molecule has 1 unspecified atom stereocenters. The number of ether oxygens (including phenoxy) is 2. The summed E-state index contributed by atoms with van der Waals surface area (Å²) >= 11 is 0. The SMILES string of the molecule is CCOc1cc(N2CCCC(OCC)C2)c(N)cc1F. The van der Waals surface area contributed by atoms with Gasteiger partial charge in [0.15, 0.2) is 11.6 Å². The zero-order valence-electron chi connectivity index (χ0n) is 12.2. The summed E-state index contributed by atoms with van der Waals surface area (Å²) in [5, 5.41) is 0. The summed E-state index contributed by atoms with van der Waals surface area (Å²) in [7, 11) is 0. The summed E-state index contributed by atoms with van der Waals surface area (Å²) in [6, 6.07) is 3.03. The highest BCUT2D eigenvalue weighted by atomic mass is 19.1. The Labute approximate surface area is 119 Å². The van der Waals surface area contributed by atoms with Crippen LogP contribution >= 0.6 is 0 Å². The lowest BCUT2D eigenvalue weighted by molar-refractivity contribution is 0.0527. The second-order valence-electron chi connectivity index (χ2n) is 4.94. The molecule has 1 heterocycles. The van der Waals surface area contributed by atoms with Gasteiger partial charge in [-0.3, -0.25) is 0 Å². The van der Waals surface area contributed by atoms with Gasteiger partial charge in [0, 0.05) is 31.8 Å². The maximum absolute atomic E-state index is 13.7. The number of piperidine rings is 1. The van der Waals surface area contributed by atoms with Crippen molar-refractivity contribution in [3.63, 3.8) is 0 Å². The average Bonchev–Trinajstić information content (AvgIpc) is 2.43. The van der Waals surface area contributed by atoms with E-state index in [1.807, 2.05) is 13.8 Å². The van der Waals surface area contributed by atoms with Crippen molar-refractivity contribution in [1.82, 2.24) is 0 Å². The highest BCUT2D eigenvalue weighted by Gasteiger charge is 2.23. The maximum atomic E-state index is 13.7. The number of benzene rings is 1. The molecule has 0 aliphatic carbocycles. The predicted octanol–water partition coefficient (Wildman–Crippen LogP) is 2.81. The number of nitrogens with zero attached hydrogens (tertiary/aromatic N) is 1. The second kappa shape index (κ2) is 6.79. The normalized spacial score (nSPS) is 19.1. The van der Waals surface area contributed by atoms with Gasteiger partial charge in [-0.15, -0.1) is 0 Å². The molecule has 1 aliphatic rings. The van der Waals surface area contributed by atoms with Crippen LogP contribution in [-0.4, -0.2) is 32.4 Å². The van der Waals surface area contributed by atoms with E-state index in [4.69, 9.17) is 15.2 Å². The topological polar surface area (TPSA) is 47.7 Å². The molecule has 5 heteroatoms. The van der Waals surface area contributed by atoms with E-state index in [-0.39, 0.29) is 11.9 Å². The highest BCUT2D eigenvalue weighted by Crippen LogP contribution is 2.33. The van der Waals surface area contributed by atoms with E-state index in [0.717, 1.165) is 31.6 Å². The molecule has 1 fully saturated rings. The number of hydrogen-bond acceptors (Lipinski definition) is 4. The third-order valence-electron chi connectivity index (χ3n) is 3.50. The Morgan fingerprint density at radius 1 is 1.35 bits per heavy atom. The highest BCUT2D eigenvalue weighted by molar-refractivity contribution is 5.70. The van der Waals surface area contributed by atoms with Crippen LogP contribution in [0, 0.1) is 5.82 Å². The van der Waals surface area contributed by atoms with Crippen molar-refractivity contribution >= 4 is 11.4 Å². The number of rotatable bonds is 5. The Morgan fingerprint density at radius 3 is 2.85 bits per heavy atom. The van der Waals surface area contributed by atoms with E-state index in [9.17, 15) is 4.39 Å². The van der Waals surface area contributed by atoms with Crippen molar-refractivity contribution in [2.24, 2.45) is 0 Å². The molecule has 0 spiro atoms. The van der Waals surface area contributed by atoms with E-state index in [0.29, 0.717) is 18.9 Å². The first-order valence-electron chi connectivity index (χ1n) is 7.24. The lowest BCUT2D eigenvalue weighted by Crippen LogP contribution is -2.40. The van der Waals surface area contributed by atoms with Crippen molar-refractivity contribution < 1.29 is 13.9 Å². The van der Waals surface area contributed by atoms with Crippen LogP contribution in [0.4, 0.5) is 15.8 Å². The van der Waals surface area contributed by atoms with Crippen molar-refractivity contribution in [2.75, 3.05) is 36.9 Å². The van der Waals surface area contributed by atoms with E-state index in [2.05, 4.69) is 4.90 Å². The van der Waals surface area contributed by atoms with E-state index in [1.165, 1.54) is 6.07 Å². The Balaban J connectivity index is 2.20. The van der Waals surface area contributed by atoms with Gasteiger partial charge < -0.3 is 20.1 Å². The maximum Gasteiger partial charge on any atom is 0.167 e. The summed E-state index contributed by atoms with van der Waals surface area (Å²) < 4.78 is 24.7. The van der Waals surface area contributed by atoms with E-state index in [1.54, 1.807) is 6.07 Å². The minimum atomic E-state index is -0.411. The fraction of sp³-hybridized carbons (Fsp3) is 0.600. The van der Waals surface area contributed by atoms with Crippen LogP contribution in [0.1, 0.15) is 26.7 Å². The van der Waals surface area contributed by atoms with Gasteiger partial charge in [-0.2, -0.15) is 0 Å². The minimum Gasteiger partial charge on any atom is -0.491 e. The fourth-order valence-electron chi connectivity index (χ4n) is 2.63. The van der Waals surface area contributed by atoms with Crippen LogP contribution in [0.5, 0.6) is 5.75 Å². The minimum absolute atomic E-state index is 0.216. The molecular weight excluding hydrogens is 259 g/mol. The molecule has 1 atom stereocenters. The molecule has 0 aromatic heterocycles. The third-order valence-corrected chi connectivity index (χ3v) is 3.50. The predicted molar refractivity (Wildman–Crippen MR) is 78.8 cm³/mol. The van der Waals surface area contributed by atoms with Gasteiger partial charge in [0.2, 0.25) is 0 Å². The third kappa shape index (κ3) is 3.33. The standard InChI is InChI=1S/C15H23FN2O2/c1-3-19-11-6-5-7-18(10-11)14-9-15(20-4-2)12(16)8-13(14)17/h8-9,11H,3-7,10,17H2,1-2H3. The molecule has 0 amide bonds. The molecule has 1 saturated heterocycles. The molecule has 1 aliphatic heterocycles. The summed E-state index contributed by atoms with van der Waals surface area (Å²) in [6.07, 6.45) is 2.32. The Hall–Kier alpha value is -1.49. The van der Waals surface area contributed by atoms with E-state index < -0.39 is 5.82 Å². The summed E-state index contributed by atoms with van der Waals surface area (Å²) in [4.78, 5) is 2.15. The Morgan fingerprint density at radius 2 is 2.15 bits per heavy atom. The average molecular weight is 282 g/mol. The van der Waals surface area contributed by atoms with Crippen LogP contribution in [0.2, 0.25) is 0 Å². The van der Waals surface area contributed by atoms with Crippen molar-refractivity contribution in [3.05, 3.63) is 17.9 Å². The largest absolute Gasteiger partial charge is 0.491 e. The zero-order valence-corrected chi connectivity index (χ0v) is 12.2. The van der Waals surface area contributed by atoms with Gasteiger partial charge in [-0.1, -0.05) is 0 Å². The second-order valence-corrected chi connectivity index (χ2v) is 4.94. The lowest BCUT2D eigenvalue weighted by atomic mass is 10.1. The molecule has 0 saturated carbocycles. The van der Waals surface area contributed by atoms with E-state index >= 15 is 0 Å². The first-order valence-corrected chi connectivity index (χ1v) is 7.24. The fourth-order valence-corrected chi connectivity index (χ4v) is 2.63. The van der Waals surface area contributed by atoms with Gasteiger partial charge in [0.1, 0.15) is 0 Å². The molecule has 20 heavy (non-hydrogen) atoms. The van der Waals surface area contributed by atoms with Crippen LogP contribution in [-0.2, 0) is 4.74 Å². The molecular formula is C15H23FN2O2. The van der Waals surface area contributed by atoms with Crippen LogP contribution in [0.3, 0.4) is 0 Å². The van der Waals surface area contributed by atoms with Crippen molar-refractivity contribution in [3.8, 4) is 5.75 Å². The van der Waals surface area contributed by atoms with Crippen LogP contribution in [0.25, 0.3) is 0 Å². The number of nitrogens with two attached hydrogens (primary N) is 1. The number of nitrogen functional groups attached to an aromatic ring is 1. The molecule has 0 bridgehead atoms. The lowest BCUT2D eigenvalue weighted by Gasteiger charge is -2.35. The molecule has 1 aromatic rings.